The van der Waals surface area contributed by atoms with E-state index in [4.69, 9.17) is 21.6 Å². The van der Waals surface area contributed by atoms with Crippen LogP contribution in [-0.4, -0.2) is 12.0 Å². The average Bonchev–Trinajstić information content (AvgIpc) is 2.19. The van der Waals surface area contributed by atoms with Crippen molar-refractivity contribution in [2.24, 2.45) is 0 Å². The van der Waals surface area contributed by atoms with Crippen LogP contribution in [0.4, 0.5) is 0 Å². The van der Waals surface area contributed by atoms with Gasteiger partial charge in [-0.1, -0.05) is 12.1 Å². The molecular weight excluding hydrogens is 198 g/mol. The standard InChI is InChI=1S/C11H12ClNO/c1-11(12,8-13)7-9-3-5-10(14-2)6-4-9/h3-6H,7H2,1-2H3. The maximum absolute atomic E-state index is 8.75. The highest BCUT2D eigenvalue weighted by Gasteiger charge is 2.19. The molecule has 1 aromatic rings. The molecule has 1 aromatic carbocycles. The molecule has 0 amide bonds. The van der Waals surface area contributed by atoms with E-state index < -0.39 is 4.87 Å². The molecule has 74 valence electrons. The van der Waals surface area contributed by atoms with Gasteiger partial charge in [-0.2, -0.15) is 5.26 Å². The van der Waals surface area contributed by atoms with Gasteiger partial charge in [0.1, 0.15) is 10.6 Å². The topological polar surface area (TPSA) is 33.0 Å². The fourth-order valence-corrected chi connectivity index (χ4v) is 1.32. The molecule has 0 heterocycles. The lowest BCUT2D eigenvalue weighted by Gasteiger charge is -2.12. The second-order valence-electron chi connectivity index (χ2n) is 3.33. The van der Waals surface area contributed by atoms with Crippen LogP contribution >= 0.6 is 11.6 Å². The molecule has 0 aliphatic rings. The van der Waals surface area contributed by atoms with E-state index in [2.05, 4.69) is 6.07 Å². The van der Waals surface area contributed by atoms with Crippen LogP contribution in [-0.2, 0) is 6.42 Å². The van der Waals surface area contributed by atoms with Gasteiger partial charge in [0.2, 0.25) is 0 Å². The van der Waals surface area contributed by atoms with Crippen molar-refractivity contribution in [1.82, 2.24) is 0 Å². The fraction of sp³-hybridized carbons (Fsp3) is 0.364. The maximum Gasteiger partial charge on any atom is 0.132 e. The summed E-state index contributed by atoms with van der Waals surface area (Å²) in [5.74, 6) is 0.807. The summed E-state index contributed by atoms with van der Waals surface area (Å²) >= 11 is 5.94. The molecule has 0 spiro atoms. The van der Waals surface area contributed by atoms with Crippen molar-refractivity contribution in [3.8, 4) is 11.8 Å². The zero-order chi connectivity index (χ0) is 10.6. The van der Waals surface area contributed by atoms with E-state index in [-0.39, 0.29) is 0 Å². The molecule has 0 aromatic heterocycles. The fourth-order valence-electron chi connectivity index (χ4n) is 1.17. The minimum absolute atomic E-state index is 0.537. The lowest BCUT2D eigenvalue weighted by molar-refractivity contribution is 0.414. The Balaban J connectivity index is 2.75. The molecule has 0 fully saturated rings. The smallest absolute Gasteiger partial charge is 0.132 e. The molecular formula is C11H12ClNO. The first kappa shape index (κ1) is 10.9. The van der Waals surface area contributed by atoms with E-state index in [9.17, 15) is 0 Å². The summed E-state index contributed by atoms with van der Waals surface area (Å²) in [5, 5.41) is 8.75. The molecule has 0 aliphatic carbocycles. The lowest BCUT2D eigenvalue weighted by atomic mass is 10.0. The first-order chi connectivity index (χ1) is 6.57. The van der Waals surface area contributed by atoms with Gasteiger partial charge in [-0.05, 0) is 24.6 Å². The van der Waals surface area contributed by atoms with Crippen LogP contribution in [0.3, 0.4) is 0 Å². The first-order valence-corrected chi connectivity index (χ1v) is 4.68. The van der Waals surface area contributed by atoms with E-state index in [1.54, 1.807) is 14.0 Å². The SMILES string of the molecule is COc1ccc(CC(C)(Cl)C#N)cc1. The molecule has 1 unspecified atom stereocenters. The van der Waals surface area contributed by atoms with Crippen molar-refractivity contribution in [3.05, 3.63) is 29.8 Å². The number of halogens is 1. The predicted octanol–water partition coefficient (Wildman–Crippen LogP) is 2.76. The van der Waals surface area contributed by atoms with Crippen LogP contribution in [0, 0.1) is 11.3 Å². The zero-order valence-corrected chi connectivity index (χ0v) is 9.01. The summed E-state index contributed by atoms with van der Waals surface area (Å²) in [6.45, 7) is 1.71. The highest BCUT2D eigenvalue weighted by Crippen LogP contribution is 2.21. The summed E-state index contributed by atoms with van der Waals surface area (Å²) in [6, 6.07) is 9.60. The minimum atomic E-state index is -0.825. The largest absolute Gasteiger partial charge is 0.497 e. The van der Waals surface area contributed by atoms with Gasteiger partial charge in [0.25, 0.3) is 0 Å². The molecule has 0 radical (unpaired) electrons. The molecule has 3 heteroatoms. The van der Waals surface area contributed by atoms with Gasteiger partial charge in [0.15, 0.2) is 0 Å². The van der Waals surface area contributed by atoms with Gasteiger partial charge in [-0.15, -0.1) is 11.6 Å². The van der Waals surface area contributed by atoms with Crippen LogP contribution in [0.1, 0.15) is 12.5 Å². The monoisotopic (exact) mass is 209 g/mol. The first-order valence-electron chi connectivity index (χ1n) is 4.30. The Morgan fingerprint density at radius 3 is 2.43 bits per heavy atom. The number of hydrogen-bond donors (Lipinski definition) is 0. The van der Waals surface area contributed by atoms with Gasteiger partial charge in [-0.3, -0.25) is 0 Å². The maximum atomic E-state index is 8.75. The zero-order valence-electron chi connectivity index (χ0n) is 8.25. The number of benzene rings is 1. The Labute approximate surface area is 89.1 Å². The van der Waals surface area contributed by atoms with Crippen LogP contribution in [0.15, 0.2) is 24.3 Å². The number of ether oxygens (including phenoxy) is 1. The van der Waals surface area contributed by atoms with Crippen molar-refractivity contribution in [2.75, 3.05) is 7.11 Å². The van der Waals surface area contributed by atoms with Crippen LogP contribution in [0.2, 0.25) is 0 Å². The summed E-state index contributed by atoms with van der Waals surface area (Å²) in [4.78, 5) is -0.825. The molecule has 1 rings (SSSR count). The van der Waals surface area contributed by atoms with Crippen molar-refractivity contribution < 1.29 is 4.74 Å². The molecule has 1 atom stereocenters. The van der Waals surface area contributed by atoms with E-state index in [1.807, 2.05) is 24.3 Å². The Morgan fingerprint density at radius 2 is 2.00 bits per heavy atom. The molecule has 0 saturated heterocycles. The Bertz CT molecular complexity index is 337. The number of hydrogen-bond acceptors (Lipinski definition) is 2. The van der Waals surface area contributed by atoms with Gasteiger partial charge in [0.05, 0.1) is 13.2 Å². The summed E-state index contributed by atoms with van der Waals surface area (Å²) in [5.41, 5.74) is 1.03. The van der Waals surface area contributed by atoms with Crippen LogP contribution < -0.4 is 4.74 Å². The van der Waals surface area contributed by atoms with Crippen LogP contribution in [0.25, 0.3) is 0 Å². The third-order valence-electron chi connectivity index (χ3n) is 1.93. The van der Waals surface area contributed by atoms with E-state index in [0.29, 0.717) is 6.42 Å². The summed E-state index contributed by atoms with van der Waals surface area (Å²) in [7, 11) is 1.62. The lowest BCUT2D eigenvalue weighted by Crippen LogP contribution is -2.16. The quantitative estimate of drug-likeness (QED) is 0.718. The number of methoxy groups -OCH3 is 1. The van der Waals surface area contributed by atoms with Crippen molar-refractivity contribution in [1.29, 1.82) is 5.26 Å². The number of nitriles is 1. The Morgan fingerprint density at radius 1 is 1.43 bits per heavy atom. The second kappa shape index (κ2) is 4.34. The van der Waals surface area contributed by atoms with Crippen molar-refractivity contribution in [2.45, 2.75) is 18.2 Å². The summed E-state index contributed by atoms with van der Waals surface area (Å²) < 4.78 is 5.03. The van der Waals surface area contributed by atoms with Crippen molar-refractivity contribution in [3.63, 3.8) is 0 Å². The molecule has 0 saturated carbocycles. The average molecular weight is 210 g/mol. The predicted molar refractivity (Wildman–Crippen MR) is 56.6 cm³/mol. The Hall–Kier alpha value is -1.20. The molecule has 0 aliphatic heterocycles. The van der Waals surface area contributed by atoms with E-state index >= 15 is 0 Å². The molecule has 14 heavy (non-hydrogen) atoms. The molecule has 2 nitrogen and oxygen atoms in total. The number of rotatable bonds is 3. The van der Waals surface area contributed by atoms with Gasteiger partial charge in [-0.25, -0.2) is 0 Å². The van der Waals surface area contributed by atoms with Crippen molar-refractivity contribution >= 4 is 11.6 Å². The Kier molecular flexibility index (Phi) is 3.38. The summed E-state index contributed by atoms with van der Waals surface area (Å²) in [6.07, 6.45) is 0.537. The van der Waals surface area contributed by atoms with E-state index in [1.165, 1.54) is 0 Å². The van der Waals surface area contributed by atoms with Gasteiger partial charge >= 0.3 is 0 Å². The molecule has 0 bridgehead atoms. The van der Waals surface area contributed by atoms with E-state index in [0.717, 1.165) is 11.3 Å². The van der Waals surface area contributed by atoms with Crippen LogP contribution in [0.5, 0.6) is 5.75 Å². The molecule has 0 N–H and O–H groups in total. The normalized spacial score (nSPS) is 14.1. The third-order valence-corrected chi connectivity index (χ3v) is 2.15. The number of nitrogens with zero attached hydrogens (tertiary/aromatic N) is 1. The van der Waals surface area contributed by atoms with Gasteiger partial charge in [0, 0.05) is 6.42 Å². The minimum Gasteiger partial charge on any atom is -0.497 e. The highest BCUT2D eigenvalue weighted by molar-refractivity contribution is 6.25. The van der Waals surface area contributed by atoms with Gasteiger partial charge < -0.3 is 4.74 Å². The third kappa shape index (κ3) is 2.93. The highest BCUT2D eigenvalue weighted by atomic mass is 35.5. The second-order valence-corrected chi connectivity index (χ2v) is 4.17. The number of alkyl halides is 1.